The maximum absolute atomic E-state index is 12.0. The van der Waals surface area contributed by atoms with Gasteiger partial charge in [-0.25, -0.2) is 15.8 Å². The minimum atomic E-state index is -0.957. The van der Waals surface area contributed by atoms with E-state index in [9.17, 15) is 14.4 Å². The lowest BCUT2D eigenvalue weighted by Crippen LogP contribution is -2.56. The summed E-state index contributed by atoms with van der Waals surface area (Å²) in [7, 11) is 0. The second-order valence-corrected chi connectivity index (χ2v) is 4.59. The summed E-state index contributed by atoms with van der Waals surface area (Å²) in [4.78, 5) is 41.5. The predicted molar refractivity (Wildman–Crippen MR) is 67.5 cm³/mol. The first-order valence-corrected chi connectivity index (χ1v) is 6.13. The zero-order chi connectivity index (χ0) is 14.7. The molecule has 0 unspecified atom stereocenters. The fraction of sp³-hybridized carbons (Fsp3) is 0.455. The fourth-order valence-corrected chi connectivity index (χ4v) is 1.98. The molecule has 0 aromatic carbocycles. The Kier molecular flexibility index (Phi) is 4.11. The van der Waals surface area contributed by atoms with Gasteiger partial charge in [0.05, 0.1) is 12.4 Å². The molecule has 108 valence electrons. The lowest BCUT2D eigenvalue weighted by Gasteiger charge is -2.21. The van der Waals surface area contributed by atoms with Crippen LogP contribution in [0.25, 0.3) is 0 Å². The molecule has 9 nitrogen and oxygen atoms in total. The van der Waals surface area contributed by atoms with Gasteiger partial charge in [-0.1, -0.05) is 0 Å². The Hall–Kier alpha value is -2.26. The zero-order valence-corrected chi connectivity index (χ0v) is 10.7. The van der Waals surface area contributed by atoms with E-state index in [0.717, 1.165) is 0 Å². The molecule has 9 heteroatoms. The monoisotopic (exact) mass is 280 g/mol. The van der Waals surface area contributed by atoms with Crippen molar-refractivity contribution in [3.05, 3.63) is 18.2 Å². The fourth-order valence-electron chi connectivity index (χ4n) is 1.98. The van der Waals surface area contributed by atoms with E-state index in [1.807, 2.05) is 0 Å². The van der Waals surface area contributed by atoms with E-state index in [0.29, 0.717) is 17.1 Å². The smallest absolute Gasteiger partial charge is 0.266 e. The number of carbonyl (C=O) groups excluding carboxylic acids is 3. The quantitative estimate of drug-likeness (QED) is 0.279. The molecule has 0 aliphatic carbocycles. The molecule has 1 aromatic heterocycles. The van der Waals surface area contributed by atoms with Crippen LogP contribution in [0.1, 0.15) is 18.5 Å². The van der Waals surface area contributed by atoms with Crippen molar-refractivity contribution in [1.29, 1.82) is 0 Å². The summed E-state index contributed by atoms with van der Waals surface area (Å²) >= 11 is 0. The molecule has 0 bridgehead atoms. The number of hydrogen-bond acceptors (Lipinski definition) is 6. The van der Waals surface area contributed by atoms with Crippen molar-refractivity contribution in [2.45, 2.75) is 31.3 Å². The molecule has 20 heavy (non-hydrogen) atoms. The third-order valence-corrected chi connectivity index (χ3v) is 3.08. The molecule has 3 amide bonds. The topological polar surface area (TPSA) is 147 Å². The summed E-state index contributed by atoms with van der Waals surface area (Å²) in [5.74, 6) is 3.91. The van der Waals surface area contributed by atoms with Crippen LogP contribution in [0.15, 0.2) is 12.5 Å². The molecule has 0 radical (unpaired) electrons. The summed E-state index contributed by atoms with van der Waals surface area (Å²) in [6, 6.07) is -1.71. The Balaban J connectivity index is 1.93. The number of nitrogens with one attached hydrogen (secondary N) is 2. The van der Waals surface area contributed by atoms with Gasteiger partial charge in [-0.05, 0) is 6.42 Å². The van der Waals surface area contributed by atoms with Crippen LogP contribution in [0.5, 0.6) is 0 Å². The van der Waals surface area contributed by atoms with E-state index in [1.165, 1.54) is 12.5 Å². The highest BCUT2D eigenvalue weighted by atomic mass is 16.2. The van der Waals surface area contributed by atoms with Gasteiger partial charge in [0.25, 0.3) is 11.8 Å². The molecular weight excluding hydrogens is 264 g/mol. The van der Waals surface area contributed by atoms with Gasteiger partial charge in [0.2, 0.25) is 5.91 Å². The molecule has 1 fully saturated rings. The van der Waals surface area contributed by atoms with Gasteiger partial charge in [0.1, 0.15) is 6.04 Å². The molecule has 1 aromatic rings. The molecule has 2 rings (SSSR count). The first-order valence-electron chi connectivity index (χ1n) is 6.13. The van der Waals surface area contributed by atoms with Gasteiger partial charge in [0, 0.05) is 24.7 Å². The first kappa shape index (κ1) is 14.2. The van der Waals surface area contributed by atoms with Crippen molar-refractivity contribution in [3.63, 3.8) is 0 Å². The first-order chi connectivity index (χ1) is 9.49. The molecule has 1 aliphatic rings. The van der Waals surface area contributed by atoms with Crippen LogP contribution in [0.3, 0.4) is 0 Å². The number of aromatic nitrogens is 2. The van der Waals surface area contributed by atoms with E-state index in [-0.39, 0.29) is 18.7 Å². The van der Waals surface area contributed by atoms with Crippen LogP contribution >= 0.6 is 0 Å². The lowest BCUT2D eigenvalue weighted by molar-refractivity contribution is -0.147. The van der Waals surface area contributed by atoms with E-state index >= 15 is 0 Å². The summed E-state index contributed by atoms with van der Waals surface area (Å²) in [6.07, 6.45) is 3.77. The third kappa shape index (κ3) is 3.00. The van der Waals surface area contributed by atoms with Crippen molar-refractivity contribution in [1.82, 2.24) is 20.3 Å². The molecule has 2 heterocycles. The van der Waals surface area contributed by atoms with Gasteiger partial charge < -0.3 is 16.0 Å². The normalized spacial score (nSPS) is 19.5. The summed E-state index contributed by atoms with van der Waals surface area (Å²) in [6.45, 7) is 0. The second-order valence-electron chi connectivity index (χ2n) is 4.59. The number of imidazole rings is 1. The van der Waals surface area contributed by atoms with Crippen molar-refractivity contribution < 1.29 is 14.4 Å². The molecule has 0 saturated carbocycles. The number of rotatable bonds is 4. The van der Waals surface area contributed by atoms with Crippen molar-refractivity contribution in [2.24, 2.45) is 11.6 Å². The average Bonchev–Trinajstić information content (AvgIpc) is 3.07. The van der Waals surface area contributed by atoms with Gasteiger partial charge in [-0.3, -0.25) is 14.4 Å². The van der Waals surface area contributed by atoms with Crippen LogP contribution in [-0.2, 0) is 20.8 Å². The van der Waals surface area contributed by atoms with Crippen LogP contribution in [-0.4, -0.2) is 44.8 Å². The average molecular weight is 280 g/mol. The van der Waals surface area contributed by atoms with Crippen molar-refractivity contribution >= 4 is 17.7 Å². The third-order valence-electron chi connectivity index (χ3n) is 3.08. The largest absolute Gasteiger partial charge is 0.348 e. The summed E-state index contributed by atoms with van der Waals surface area (Å²) in [5, 5.41) is 2.94. The molecule has 2 atom stereocenters. The molecular formula is C11H16N6O3. The van der Waals surface area contributed by atoms with Crippen LogP contribution in [0, 0.1) is 0 Å². The van der Waals surface area contributed by atoms with Gasteiger partial charge in [0.15, 0.2) is 0 Å². The zero-order valence-electron chi connectivity index (χ0n) is 10.7. The molecule has 1 aliphatic heterocycles. The van der Waals surface area contributed by atoms with Gasteiger partial charge >= 0.3 is 0 Å². The van der Waals surface area contributed by atoms with Crippen molar-refractivity contribution in [3.8, 4) is 0 Å². The number of nitrogens with two attached hydrogens (primary N) is 2. The minimum absolute atomic E-state index is 0.191. The van der Waals surface area contributed by atoms with Gasteiger partial charge in [-0.2, -0.15) is 0 Å². The SMILES string of the molecule is N[C@@H](Cc1cnc[nH]1)C(=O)N(N)C(=O)[C@@H]1CCC(=O)N1. The molecule has 0 spiro atoms. The lowest BCUT2D eigenvalue weighted by atomic mass is 10.1. The maximum atomic E-state index is 12.0. The van der Waals surface area contributed by atoms with Crippen LogP contribution < -0.4 is 16.9 Å². The van der Waals surface area contributed by atoms with E-state index in [1.54, 1.807) is 0 Å². The number of nitrogens with zero attached hydrogens (tertiary/aromatic N) is 2. The number of hydrazine groups is 1. The Labute approximate surface area is 114 Å². The number of imide groups is 1. The van der Waals surface area contributed by atoms with Crippen LogP contribution in [0.4, 0.5) is 0 Å². The Morgan fingerprint density at radius 1 is 1.55 bits per heavy atom. The summed E-state index contributed by atoms with van der Waals surface area (Å²) in [5.41, 5.74) is 6.38. The number of amides is 3. The highest BCUT2D eigenvalue weighted by molar-refractivity contribution is 6.01. The molecule has 6 N–H and O–H groups in total. The Bertz CT molecular complexity index is 514. The molecule has 1 saturated heterocycles. The second kappa shape index (κ2) is 5.80. The maximum Gasteiger partial charge on any atom is 0.266 e. The number of H-pyrrole nitrogens is 1. The van der Waals surface area contributed by atoms with Crippen molar-refractivity contribution in [2.75, 3.05) is 0 Å². The number of carbonyl (C=O) groups is 3. The Morgan fingerprint density at radius 3 is 2.85 bits per heavy atom. The number of hydrogen-bond donors (Lipinski definition) is 4. The number of aromatic amines is 1. The highest BCUT2D eigenvalue weighted by Crippen LogP contribution is 2.09. The predicted octanol–water partition coefficient (Wildman–Crippen LogP) is -2.21. The van der Waals surface area contributed by atoms with E-state index < -0.39 is 23.9 Å². The minimum Gasteiger partial charge on any atom is -0.348 e. The highest BCUT2D eigenvalue weighted by Gasteiger charge is 2.34. The van der Waals surface area contributed by atoms with E-state index in [2.05, 4.69) is 15.3 Å². The standard InChI is InChI=1S/C11H16N6O3/c12-7(3-6-4-14-5-15-6)10(19)17(13)11(20)8-1-2-9(18)16-8/h4-5,7-8H,1-3,12-13H2,(H,14,15)(H,16,18)/t7-,8-/m0/s1. The Morgan fingerprint density at radius 2 is 2.30 bits per heavy atom. The van der Waals surface area contributed by atoms with Gasteiger partial charge in [-0.15, -0.1) is 0 Å². The summed E-state index contributed by atoms with van der Waals surface area (Å²) < 4.78 is 0. The van der Waals surface area contributed by atoms with Crippen LogP contribution in [0.2, 0.25) is 0 Å². The van der Waals surface area contributed by atoms with E-state index in [4.69, 9.17) is 11.6 Å².